The van der Waals surface area contributed by atoms with E-state index in [4.69, 9.17) is 14.6 Å². The second-order valence-electron chi connectivity index (χ2n) is 8.34. The van der Waals surface area contributed by atoms with E-state index in [-0.39, 0.29) is 30.6 Å². The first kappa shape index (κ1) is 22.7. The number of carbonyl (C=O) groups excluding carboxylic acids is 2. The number of aliphatic hydroxyl groups is 1. The number of esters is 1. The Kier molecular flexibility index (Phi) is 7.85. The van der Waals surface area contributed by atoms with Crippen LogP contribution in [0.5, 0.6) is 0 Å². The number of carboxylic acid groups (broad SMARTS) is 1. The SMILES string of the molecule is O=C(Cc1ccsc1)N1CCC2(CC1)CC(CN1CCC(O)CC1)OC2=O.O=CO. The minimum atomic E-state index is -0.404. The van der Waals surface area contributed by atoms with Crippen LogP contribution in [0.1, 0.15) is 37.7 Å². The van der Waals surface area contributed by atoms with Crippen molar-refractivity contribution in [1.29, 1.82) is 0 Å². The summed E-state index contributed by atoms with van der Waals surface area (Å²) in [5, 5.41) is 20.5. The van der Waals surface area contributed by atoms with Crippen molar-refractivity contribution in [1.82, 2.24) is 9.80 Å². The molecule has 9 heteroatoms. The van der Waals surface area contributed by atoms with Gasteiger partial charge in [0.1, 0.15) is 6.10 Å². The molecule has 1 spiro atoms. The number of carbonyl (C=O) groups is 3. The van der Waals surface area contributed by atoms with Crippen LogP contribution in [-0.4, -0.2) is 83.3 Å². The molecule has 4 rings (SSSR count). The van der Waals surface area contributed by atoms with Gasteiger partial charge in [0.2, 0.25) is 5.91 Å². The van der Waals surface area contributed by atoms with Crippen LogP contribution in [0.15, 0.2) is 16.8 Å². The van der Waals surface area contributed by atoms with Crippen LogP contribution in [0, 0.1) is 5.41 Å². The lowest BCUT2D eigenvalue weighted by molar-refractivity contribution is -0.153. The fraction of sp³-hybridized carbons (Fsp3) is 0.667. The Morgan fingerprint density at radius 1 is 1.27 bits per heavy atom. The molecule has 1 aromatic heterocycles. The summed E-state index contributed by atoms with van der Waals surface area (Å²) in [5.41, 5.74) is 0.663. The lowest BCUT2D eigenvalue weighted by Crippen LogP contribution is -2.45. The van der Waals surface area contributed by atoms with E-state index in [1.54, 1.807) is 11.3 Å². The maximum absolute atomic E-state index is 12.6. The molecule has 3 aliphatic rings. The number of amides is 1. The Balaban J connectivity index is 0.000000806. The minimum absolute atomic E-state index is 0.0548. The Bertz CT molecular complexity index is 709. The normalized spacial score (nSPS) is 24.2. The highest BCUT2D eigenvalue weighted by molar-refractivity contribution is 7.08. The monoisotopic (exact) mass is 438 g/mol. The number of hydrogen-bond donors (Lipinski definition) is 2. The first-order chi connectivity index (χ1) is 14.5. The molecule has 3 fully saturated rings. The number of piperidine rings is 2. The van der Waals surface area contributed by atoms with Crippen LogP contribution in [0.25, 0.3) is 0 Å². The Morgan fingerprint density at radius 2 is 1.93 bits per heavy atom. The van der Waals surface area contributed by atoms with Gasteiger partial charge >= 0.3 is 5.97 Å². The summed E-state index contributed by atoms with van der Waals surface area (Å²) < 4.78 is 5.72. The predicted octanol–water partition coefficient (Wildman–Crippen LogP) is 1.37. The minimum Gasteiger partial charge on any atom is -0.483 e. The summed E-state index contributed by atoms with van der Waals surface area (Å²) in [4.78, 5) is 37.7. The molecule has 1 atom stereocenters. The standard InChI is InChI=1S/C20H28N2O4S.CH2O2/c23-16-1-6-21(7-2-16)13-17-12-20(19(25)26-17)4-8-22(9-5-20)18(24)11-15-3-10-27-14-15;2-1-3/h3,10,14,16-17,23H,1-2,4-9,11-13H2;1H,(H,2,3). The summed E-state index contributed by atoms with van der Waals surface area (Å²) in [6, 6.07) is 1.99. The van der Waals surface area contributed by atoms with E-state index in [1.165, 1.54) is 0 Å². The number of aliphatic hydroxyl groups excluding tert-OH is 1. The van der Waals surface area contributed by atoms with Crippen LogP contribution >= 0.6 is 11.3 Å². The van der Waals surface area contributed by atoms with Gasteiger partial charge in [0.15, 0.2) is 0 Å². The van der Waals surface area contributed by atoms with Gasteiger partial charge in [0, 0.05) is 39.1 Å². The van der Waals surface area contributed by atoms with Gasteiger partial charge < -0.3 is 19.8 Å². The Hall–Kier alpha value is -1.97. The van der Waals surface area contributed by atoms with Gasteiger partial charge in [0.25, 0.3) is 6.47 Å². The third kappa shape index (κ3) is 5.59. The van der Waals surface area contributed by atoms with Crippen LogP contribution in [0.3, 0.4) is 0 Å². The zero-order valence-electron chi connectivity index (χ0n) is 17.1. The zero-order chi connectivity index (χ0) is 21.6. The Labute approximate surface area is 180 Å². The quantitative estimate of drug-likeness (QED) is 0.540. The van der Waals surface area contributed by atoms with Gasteiger partial charge in [-0.05, 0) is 48.1 Å². The number of rotatable bonds is 4. The number of ether oxygens (including phenoxy) is 1. The van der Waals surface area contributed by atoms with E-state index in [2.05, 4.69) is 4.90 Å². The molecule has 30 heavy (non-hydrogen) atoms. The molecule has 2 N–H and O–H groups in total. The average molecular weight is 439 g/mol. The summed E-state index contributed by atoms with van der Waals surface area (Å²) in [5.74, 6) is 0.0764. The molecular weight excluding hydrogens is 408 g/mol. The highest BCUT2D eigenvalue weighted by atomic mass is 32.1. The smallest absolute Gasteiger partial charge is 0.312 e. The van der Waals surface area contributed by atoms with Crippen molar-refractivity contribution in [2.45, 2.75) is 50.7 Å². The highest BCUT2D eigenvalue weighted by Gasteiger charge is 2.51. The second kappa shape index (κ2) is 10.4. The third-order valence-electron chi connectivity index (χ3n) is 6.35. The molecule has 1 amide bonds. The number of cyclic esters (lactones) is 1. The number of nitrogens with zero attached hydrogens (tertiary/aromatic N) is 2. The topological polar surface area (TPSA) is 107 Å². The molecule has 0 bridgehead atoms. The lowest BCUT2D eigenvalue weighted by Gasteiger charge is -2.36. The van der Waals surface area contributed by atoms with Gasteiger partial charge in [-0.15, -0.1) is 0 Å². The maximum Gasteiger partial charge on any atom is 0.312 e. The van der Waals surface area contributed by atoms with Gasteiger partial charge in [0.05, 0.1) is 17.9 Å². The van der Waals surface area contributed by atoms with Crippen LogP contribution in [0.2, 0.25) is 0 Å². The first-order valence-corrected chi connectivity index (χ1v) is 11.4. The average Bonchev–Trinajstić information content (AvgIpc) is 3.33. The summed E-state index contributed by atoms with van der Waals surface area (Å²) in [6.45, 7) is 3.53. The van der Waals surface area contributed by atoms with Crippen molar-refractivity contribution in [2.75, 3.05) is 32.7 Å². The molecule has 1 aromatic rings. The third-order valence-corrected chi connectivity index (χ3v) is 7.08. The number of hydrogen-bond acceptors (Lipinski definition) is 7. The predicted molar refractivity (Wildman–Crippen MR) is 111 cm³/mol. The number of likely N-dealkylation sites (tertiary alicyclic amines) is 2. The summed E-state index contributed by atoms with van der Waals surface area (Å²) >= 11 is 1.61. The summed E-state index contributed by atoms with van der Waals surface area (Å²) in [6.07, 6.45) is 3.98. The van der Waals surface area contributed by atoms with Crippen molar-refractivity contribution >= 4 is 29.7 Å². The molecular formula is C21H30N2O6S. The van der Waals surface area contributed by atoms with E-state index in [1.807, 2.05) is 21.7 Å². The van der Waals surface area contributed by atoms with Crippen LogP contribution < -0.4 is 0 Å². The van der Waals surface area contributed by atoms with E-state index in [0.29, 0.717) is 32.4 Å². The summed E-state index contributed by atoms with van der Waals surface area (Å²) in [7, 11) is 0. The van der Waals surface area contributed by atoms with E-state index >= 15 is 0 Å². The van der Waals surface area contributed by atoms with E-state index in [0.717, 1.165) is 44.5 Å². The molecule has 0 saturated carbocycles. The molecule has 4 heterocycles. The van der Waals surface area contributed by atoms with Gasteiger partial charge in [-0.25, -0.2) is 0 Å². The van der Waals surface area contributed by atoms with Crippen LogP contribution in [-0.2, 0) is 25.5 Å². The van der Waals surface area contributed by atoms with Crippen molar-refractivity contribution in [2.24, 2.45) is 5.41 Å². The first-order valence-electron chi connectivity index (χ1n) is 10.4. The van der Waals surface area contributed by atoms with Gasteiger partial charge in [-0.2, -0.15) is 11.3 Å². The molecule has 0 radical (unpaired) electrons. The van der Waals surface area contributed by atoms with Crippen LogP contribution in [0.4, 0.5) is 0 Å². The molecule has 0 aromatic carbocycles. The highest BCUT2D eigenvalue weighted by Crippen LogP contribution is 2.43. The van der Waals surface area contributed by atoms with Crippen molar-refractivity contribution < 1.29 is 29.3 Å². The fourth-order valence-corrected chi connectivity index (χ4v) is 5.27. The lowest BCUT2D eigenvalue weighted by atomic mass is 9.76. The number of thiophene rings is 1. The molecule has 8 nitrogen and oxygen atoms in total. The zero-order valence-corrected chi connectivity index (χ0v) is 17.9. The van der Waals surface area contributed by atoms with Gasteiger partial charge in [-0.3, -0.25) is 19.3 Å². The molecule has 1 unspecified atom stereocenters. The maximum atomic E-state index is 12.6. The molecule has 3 saturated heterocycles. The fourth-order valence-electron chi connectivity index (χ4n) is 4.60. The van der Waals surface area contributed by atoms with Gasteiger partial charge in [-0.1, -0.05) is 0 Å². The van der Waals surface area contributed by atoms with Crippen molar-refractivity contribution in [3.63, 3.8) is 0 Å². The largest absolute Gasteiger partial charge is 0.483 e. The second-order valence-corrected chi connectivity index (χ2v) is 9.12. The Morgan fingerprint density at radius 3 is 2.53 bits per heavy atom. The molecule has 166 valence electrons. The molecule has 3 aliphatic heterocycles. The van der Waals surface area contributed by atoms with E-state index in [9.17, 15) is 14.7 Å². The molecule has 0 aliphatic carbocycles. The van der Waals surface area contributed by atoms with E-state index < -0.39 is 5.41 Å². The van der Waals surface area contributed by atoms with Crippen molar-refractivity contribution in [3.05, 3.63) is 22.4 Å². The van der Waals surface area contributed by atoms with Crippen molar-refractivity contribution in [3.8, 4) is 0 Å².